The number of hydrogen-bond donors (Lipinski definition) is 1. The summed E-state index contributed by atoms with van der Waals surface area (Å²) in [4.78, 5) is 0. The van der Waals surface area contributed by atoms with Crippen molar-refractivity contribution in [3.05, 3.63) is 31.7 Å². The van der Waals surface area contributed by atoms with E-state index in [1.165, 1.54) is 25.6 Å². The van der Waals surface area contributed by atoms with Crippen molar-refractivity contribution in [2.75, 3.05) is 20.3 Å². The Morgan fingerprint density at radius 1 is 1.44 bits per heavy atom. The number of nitrogens with one attached hydrogen (secondary N) is 1. The van der Waals surface area contributed by atoms with Gasteiger partial charge in [0.15, 0.2) is 0 Å². The number of fused-ring (bicyclic) bond motifs is 1. The molecule has 0 bridgehead atoms. The number of rotatable bonds is 1. The zero-order valence-electron chi connectivity index (χ0n) is 9.44. The first-order chi connectivity index (χ1) is 7.65. The molecule has 1 N–H and O–H groups in total. The van der Waals surface area contributed by atoms with Gasteiger partial charge >= 0.3 is 0 Å². The molecular weight excluding hydrogens is 334 g/mol. The third kappa shape index (κ3) is 2.21. The van der Waals surface area contributed by atoms with Crippen molar-refractivity contribution >= 4 is 31.9 Å². The van der Waals surface area contributed by atoms with Crippen LogP contribution in [-0.4, -0.2) is 20.3 Å². The molecule has 1 unspecified atom stereocenters. The van der Waals surface area contributed by atoms with E-state index in [4.69, 9.17) is 4.74 Å². The second kappa shape index (κ2) is 5.17. The number of benzene rings is 1. The Labute approximate surface area is 113 Å². The van der Waals surface area contributed by atoms with Crippen molar-refractivity contribution in [1.82, 2.24) is 5.32 Å². The molecule has 1 aromatic carbocycles. The van der Waals surface area contributed by atoms with Crippen LogP contribution in [0, 0.1) is 6.92 Å². The van der Waals surface area contributed by atoms with Crippen molar-refractivity contribution in [1.29, 1.82) is 0 Å². The summed E-state index contributed by atoms with van der Waals surface area (Å²) in [6.07, 6.45) is 0.965. The quantitative estimate of drug-likeness (QED) is 0.840. The highest BCUT2D eigenvalue weighted by Gasteiger charge is 2.23. The lowest BCUT2D eigenvalue weighted by atomic mass is 9.97. The van der Waals surface area contributed by atoms with E-state index in [-0.39, 0.29) is 6.04 Å². The summed E-state index contributed by atoms with van der Waals surface area (Å²) in [5.41, 5.74) is 3.95. The van der Waals surface area contributed by atoms with Crippen molar-refractivity contribution < 1.29 is 4.74 Å². The molecule has 0 spiro atoms. The molecule has 4 heteroatoms. The number of halogens is 2. The van der Waals surface area contributed by atoms with Crippen LogP contribution in [0.1, 0.15) is 22.7 Å². The first-order valence-electron chi connectivity index (χ1n) is 5.37. The minimum atomic E-state index is 0.267. The van der Waals surface area contributed by atoms with Crippen LogP contribution in [0.5, 0.6) is 0 Å². The molecule has 1 atom stereocenters. The normalized spacial score (nSPS) is 20.4. The minimum Gasteiger partial charge on any atom is -0.379 e. The number of likely N-dealkylation sites (N-methyl/N-ethyl adjacent to an activating group) is 1. The predicted molar refractivity (Wildman–Crippen MR) is 72.9 cm³/mol. The third-order valence-corrected chi connectivity index (χ3v) is 4.78. The summed E-state index contributed by atoms with van der Waals surface area (Å²) in [7, 11) is 1.98. The Morgan fingerprint density at radius 2 is 2.19 bits per heavy atom. The van der Waals surface area contributed by atoms with E-state index in [9.17, 15) is 0 Å². The van der Waals surface area contributed by atoms with Gasteiger partial charge < -0.3 is 10.1 Å². The number of hydrogen-bond acceptors (Lipinski definition) is 2. The Balaban J connectivity index is 2.61. The van der Waals surface area contributed by atoms with E-state index in [0.29, 0.717) is 0 Å². The maximum atomic E-state index is 5.63. The molecule has 1 aromatic rings. The Hall–Kier alpha value is 0.1000. The van der Waals surface area contributed by atoms with E-state index >= 15 is 0 Å². The van der Waals surface area contributed by atoms with Crippen LogP contribution in [0.15, 0.2) is 15.0 Å². The van der Waals surface area contributed by atoms with Crippen LogP contribution in [-0.2, 0) is 11.2 Å². The van der Waals surface area contributed by atoms with Gasteiger partial charge in [0.1, 0.15) is 0 Å². The third-order valence-electron chi connectivity index (χ3n) is 3.02. The van der Waals surface area contributed by atoms with Gasteiger partial charge in [-0.05, 0) is 43.1 Å². The van der Waals surface area contributed by atoms with E-state index in [1.54, 1.807) is 0 Å². The lowest BCUT2D eigenvalue weighted by Gasteiger charge is -2.20. The van der Waals surface area contributed by atoms with Crippen LogP contribution in [0.3, 0.4) is 0 Å². The molecule has 0 fully saturated rings. The molecule has 2 nitrogen and oxygen atoms in total. The molecule has 0 aliphatic carbocycles. The maximum absolute atomic E-state index is 5.63. The Kier molecular flexibility index (Phi) is 4.06. The molecule has 16 heavy (non-hydrogen) atoms. The summed E-state index contributed by atoms with van der Waals surface area (Å²) < 4.78 is 8.02. The largest absolute Gasteiger partial charge is 0.379 e. The molecule has 0 aromatic heterocycles. The summed E-state index contributed by atoms with van der Waals surface area (Å²) in [5, 5.41) is 3.32. The molecule has 0 amide bonds. The molecule has 1 aliphatic heterocycles. The fraction of sp³-hybridized carbons (Fsp3) is 0.500. The van der Waals surface area contributed by atoms with Gasteiger partial charge in [-0.2, -0.15) is 0 Å². The van der Waals surface area contributed by atoms with Gasteiger partial charge in [0.05, 0.1) is 19.3 Å². The summed E-state index contributed by atoms with van der Waals surface area (Å²) in [6.45, 7) is 3.64. The van der Waals surface area contributed by atoms with E-state index in [2.05, 4.69) is 50.2 Å². The van der Waals surface area contributed by atoms with Gasteiger partial charge in [-0.15, -0.1) is 0 Å². The first kappa shape index (κ1) is 12.6. The number of aryl methyl sites for hydroxylation is 1. The highest BCUT2D eigenvalue weighted by atomic mass is 79.9. The monoisotopic (exact) mass is 347 g/mol. The average molecular weight is 349 g/mol. The maximum Gasteiger partial charge on any atom is 0.0662 e. The second-order valence-electron chi connectivity index (χ2n) is 4.05. The molecule has 0 saturated carbocycles. The van der Waals surface area contributed by atoms with Gasteiger partial charge in [-0.25, -0.2) is 0 Å². The Bertz CT molecular complexity index is 406. The first-order valence-corrected chi connectivity index (χ1v) is 6.96. The Morgan fingerprint density at radius 3 is 2.88 bits per heavy atom. The zero-order valence-corrected chi connectivity index (χ0v) is 12.6. The van der Waals surface area contributed by atoms with E-state index in [0.717, 1.165) is 19.6 Å². The van der Waals surface area contributed by atoms with E-state index < -0.39 is 0 Å². The standard InChI is InChI=1S/C12H15Br2NO/c1-7-5-9(13)8-3-4-16-6-10(15-2)11(8)12(7)14/h5,10,15H,3-4,6H2,1-2H3. The van der Waals surface area contributed by atoms with Gasteiger partial charge in [0, 0.05) is 8.95 Å². The number of ether oxygens (including phenoxy) is 1. The van der Waals surface area contributed by atoms with Crippen molar-refractivity contribution in [3.63, 3.8) is 0 Å². The van der Waals surface area contributed by atoms with Gasteiger partial charge in [0.25, 0.3) is 0 Å². The van der Waals surface area contributed by atoms with Crippen molar-refractivity contribution in [2.45, 2.75) is 19.4 Å². The molecule has 88 valence electrons. The van der Waals surface area contributed by atoms with Gasteiger partial charge in [-0.3, -0.25) is 0 Å². The van der Waals surface area contributed by atoms with E-state index in [1.807, 2.05) is 7.05 Å². The van der Waals surface area contributed by atoms with Crippen LogP contribution >= 0.6 is 31.9 Å². The van der Waals surface area contributed by atoms with Crippen LogP contribution in [0.4, 0.5) is 0 Å². The highest BCUT2D eigenvalue weighted by Crippen LogP contribution is 2.36. The molecule has 1 heterocycles. The SMILES string of the molecule is CNC1COCCc2c(Br)cc(C)c(Br)c21. The summed E-state index contributed by atoms with van der Waals surface area (Å²) in [6, 6.07) is 2.43. The fourth-order valence-corrected chi connectivity index (χ4v) is 3.50. The highest BCUT2D eigenvalue weighted by molar-refractivity contribution is 9.11. The summed E-state index contributed by atoms with van der Waals surface area (Å²) in [5.74, 6) is 0. The molecule has 0 radical (unpaired) electrons. The lowest BCUT2D eigenvalue weighted by Crippen LogP contribution is -2.21. The van der Waals surface area contributed by atoms with Crippen molar-refractivity contribution in [3.8, 4) is 0 Å². The molecule has 1 aliphatic rings. The second-order valence-corrected chi connectivity index (χ2v) is 5.70. The zero-order chi connectivity index (χ0) is 11.7. The van der Waals surface area contributed by atoms with Gasteiger partial charge in [-0.1, -0.05) is 31.9 Å². The lowest BCUT2D eigenvalue weighted by molar-refractivity contribution is 0.123. The van der Waals surface area contributed by atoms with Gasteiger partial charge in [0.2, 0.25) is 0 Å². The summed E-state index contributed by atoms with van der Waals surface area (Å²) >= 11 is 7.35. The molecule has 2 rings (SSSR count). The van der Waals surface area contributed by atoms with Crippen molar-refractivity contribution in [2.24, 2.45) is 0 Å². The minimum absolute atomic E-state index is 0.267. The van der Waals surface area contributed by atoms with Crippen LogP contribution in [0.25, 0.3) is 0 Å². The topological polar surface area (TPSA) is 21.3 Å². The molecule has 0 saturated heterocycles. The molecular formula is C12H15Br2NO. The smallest absolute Gasteiger partial charge is 0.0662 e. The fourth-order valence-electron chi connectivity index (χ4n) is 2.12. The average Bonchev–Trinajstić information content (AvgIpc) is 2.48. The van der Waals surface area contributed by atoms with Crippen LogP contribution < -0.4 is 5.32 Å². The predicted octanol–water partition coefficient (Wildman–Crippen LogP) is 3.35. The van der Waals surface area contributed by atoms with Crippen LogP contribution in [0.2, 0.25) is 0 Å².